The maximum Gasteiger partial charge on any atom is 0.248 e. The third kappa shape index (κ3) is 2.67. The van der Waals surface area contributed by atoms with Crippen LogP contribution in [0.5, 0.6) is 0 Å². The van der Waals surface area contributed by atoms with Crippen molar-refractivity contribution >= 4 is 11.8 Å². The number of aryl methyl sites for hydroxylation is 1. The van der Waals surface area contributed by atoms with Gasteiger partial charge in [0.1, 0.15) is 11.1 Å². The van der Waals surface area contributed by atoms with E-state index in [2.05, 4.69) is 11.4 Å². The fourth-order valence-corrected chi connectivity index (χ4v) is 2.75. The van der Waals surface area contributed by atoms with Crippen LogP contribution in [0.2, 0.25) is 0 Å². The average molecular weight is 288 g/mol. The van der Waals surface area contributed by atoms with Crippen LogP contribution in [-0.2, 0) is 16.1 Å². The number of nitrogens with one attached hydrogen (secondary N) is 1. The lowest BCUT2D eigenvalue weighted by Gasteiger charge is -2.49. The van der Waals surface area contributed by atoms with Crippen molar-refractivity contribution in [1.82, 2.24) is 10.2 Å². The van der Waals surface area contributed by atoms with Gasteiger partial charge < -0.3 is 10.2 Å². The monoisotopic (exact) mass is 288 g/mol. The standard InChI is InChI=1S/C17H24N2O2/c1-6-17(5)14(20)18-16(3,4)15(21)19(17)11-13-9-7-8-12(2)10-13/h7-10H,6,11H2,1-5H3,(H,18,20). The summed E-state index contributed by atoms with van der Waals surface area (Å²) in [6.45, 7) is 9.77. The van der Waals surface area contributed by atoms with Gasteiger partial charge in [0.25, 0.3) is 0 Å². The second kappa shape index (κ2) is 5.17. The third-order valence-corrected chi connectivity index (χ3v) is 4.40. The van der Waals surface area contributed by atoms with Gasteiger partial charge >= 0.3 is 0 Å². The highest BCUT2D eigenvalue weighted by atomic mass is 16.2. The predicted molar refractivity (Wildman–Crippen MR) is 82.6 cm³/mol. The van der Waals surface area contributed by atoms with E-state index in [0.29, 0.717) is 13.0 Å². The number of rotatable bonds is 3. The molecular weight excluding hydrogens is 264 g/mol. The molecule has 0 radical (unpaired) electrons. The molecule has 2 amide bonds. The normalized spacial score (nSPS) is 24.9. The van der Waals surface area contributed by atoms with Gasteiger partial charge in [0.05, 0.1) is 0 Å². The van der Waals surface area contributed by atoms with Crippen LogP contribution < -0.4 is 5.32 Å². The van der Waals surface area contributed by atoms with Gasteiger partial charge in [0, 0.05) is 6.54 Å². The van der Waals surface area contributed by atoms with Crippen molar-refractivity contribution in [2.75, 3.05) is 0 Å². The summed E-state index contributed by atoms with van der Waals surface area (Å²) >= 11 is 0. The minimum Gasteiger partial charge on any atom is -0.340 e. The second-order valence-electron chi connectivity index (χ2n) is 6.59. The molecule has 1 aliphatic heterocycles. The van der Waals surface area contributed by atoms with Crippen LogP contribution in [0.3, 0.4) is 0 Å². The molecule has 114 valence electrons. The van der Waals surface area contributed by atoms with Gasteiger partial charge in [-0.05, 0) is 39.7 Å². The van der Waals surface area contributed by atoms with E-state index < -0.39 is 11.1 Å². The Kier molecular flexibility index (Phi) is 3.83. The first-order valence-corrected chi connectivity index (χ1v) is 7.41. The van der Waals surface area contributed by atoms with Gasteiger partial charge in [0.2, 0.25) is 11.8 Å². The van der Waals surface area contributed by atoms with E-state index in [1.807, 2.05) is 39.0 Å². The lowest BCUT2D eigenvalue weighted by molar-refractivity contribution is -0.161. The minimum atomic E-state index is -0.852. The highest BCUT2D eigenvalue weighted by Crippen LogP contribution is 2.30. The molecule has 4 heteroatoms. The molecule has 0 bridgehead atoms. The van der Waals surface area contributed by atoms with Gasteiger partial charge in [0.15, 0.2) is 0 Å². The highest BCUT2D eigenvalue weighted by Gasteiger charge is 2.51. The number of benzene rings is 1. The molecule has 2 rings (SSSR count). The first-order chi connectivity index (χ1) is 9.70. The molecule has 0 saturated carbocycles. The van der Waals surface area contributed by atoms with E-state index >= 15 is 0 Å². The Morgan fingerprint density at radius 1 is 1.19 bits per heavy atom. The summed E-state index contributed by atoms with van der Waals surface area (Å²) < 4.78 is 0. The summed E-state index contributed by atoms with van der Waals surface area (Å²) in [5.74, 6) is -0.116. The number of hydrogen-bond acceptors (Lipinski definition) is 2. The summed E-state index contributed by atoms with van der Waals surface area (Å²) in [7, 11) is 0. The largest absolute Gasteiger partial charge is 0.340 e. The number of carbonyl (C=O) groups excluding carboxylic acids is 2. The smallest absolute Gasteiger partial charge is 0.248 e. The molecule has 0 aliphatic carbocycles. The van der Waals surface area contributed by atoms with Gasteiger partial charge in [-0.1, -0.05) is 36.8 Å². The second-order valence-corrected chi connectivity index (χ2v) is 6.59. The van der Waals surface area contributed by atoms with Crippen LogP contribution in [0.15, 0.2) is 24.3 Å². The number of hydrogen-bond donors (Lipinski definition) is 1. The van der Waals surface area contributed by atoms with Crippen molar-refractivity contribution < 1.29 is 9.59 Å². The third-order valence-electron chi connectivity index (χ3n) is 4.40. The molecule has 0 spiro atoms. The van der Waals surface area contributed by atoms with E-state index in [1.165, 1.54) is 0 Å². The fraction of sp³-hybridized carbons (Fsp3) is 0.529. The molecule has 0 aromatic heterocycles. The van der Waals surface area contributed by atoms with Gasteiger partial charge in [-0.2, -0.15) is 0 Å². The molecule has 1 aromatic carbocycles. The molecule has 1 heterocycles. The molecule has 1 unspecified atom stereocenters. The van der Waals surface area contributed by atoms with Crippen molar-refractivity contribution in [3.05, 3.63) is 35.4 Å². The predicted octanol–water partition coefficient (Wildman–Crippen LogP) is 2.40. The summed E-state index contributed by atoms with van der Waals surface area (Å²) in [5, 5.41) is 2.84. The van der Waals surface area contributed by atoms with E-state index in [0.717, 1.165) is 11.1 Å². The van der Waals surface area contributed by atoms with Crippen LogP contribution in [0, 0.1) is 6.92 Å². The van der Waals surface area contributed by atoms with Crippen LogP contribution in [0.1, 0.15) is 45.2 Å². The summed E-state index contributed by atoms with van der Waals surface area (Å²) in [4.78, 5) is 27.0. The van der Waals surface area contributed by atoms with Crippen LogP contribution in [0.25, 0.3) is 0 Å². The Balaban J connectivity index is 2.40. The van der Waals surface area contributed by atoms with Gasteiger partial charge in [-0.15, -0.1) is 0 Å². The van der Waals surface area contributed by atoms with E-state index in [4.69, 9.17) is 0 Å². The van der Waals surface area contributed by atoms with Crippen molar-refractivity contribution in [3.8, 4) is 0 Å². The van der Waals surface area contributed by atoms with Crippen molar-refractivity contribution in [2.45, 2.75) is 58.7 Å². The molecule has 4 nitrogen and oxygen atoms in total. The summed E-state index contributed by atoms with van der Waals surface area (Å²) in [5.41, 5.74) is 0.554. The van der Waals surface area contributed by atoms with Gasteiger partial charge in [-0.25, -0.2) is 0 Å². The Morgan fingerprint density at radius 3 is 2.43 bits per heavy atom. The average Bonchev–Trinajstić information content (AvgIpc) is 2.41. The zero-order valence-corrected chi connectivity index (χ0v) is 13.5. The SMILES string of the molecule is CCC1(C)C(=O)NC(C)(C)C(=O)N1Cc1cccc(C)c1. The quantitative estimate of drug-likeness (QED) is 0.928. The van der Waals surface area contributed by atoms with Gasteiger partial charge in [-0.3, -0.25) is 9.59 Å². The van der Waals surface area contributed by atoms with Crippen molar-refractivity contribution in [2.24, 2.45) is 0 Å². The molecular formula is C17H24N2O2. The summed E-state index contributed by atoms with van der Waals surface area (Å²) in [6.07, 6.45) is 0.590. The lowest BCUT2D eigenvalue weighted by atomic mass is 9.86. The number of piperazine rings is 1. The van der Waals surface area contributed by atoms with Crippen molar-refractivity contribution in [1.29, 1.82) is 0 Å². The lowest BCUT2D eigenvalue weighted by Crippen LogP contribution is -2.72. The topological polar surface area (TPSA) is 49.4 Å². The van der Waals surface area contributed by atoms with Crippen LogP contribution in [0.4, 0.5) is 0 Å². The number of amides is 2. The van der Waals surface area contributed by atoms with Crippen molar-refractivity contribution in [3.63, 3.8) is 0 Å². The highest BCUT2D eigenvalue weighted by molar-refractivity contribution is 6.01. The van der Waals surface area contributed by atoms with E-state index in [1.54, 1.807) is 18.7 Å². The molecule has 21 heavy (non-hydrogen) atoms. The fourth-order valence-electron chi connectivity index (χ4n) is 2.75. The molecule has 1 fully saturated rings. The maximum atomic E-state index is 12.8. The maximum absolute atomic E-state index is 12.8. The Hall–Kier alpha value is -1.84. The molecule has 1 atom stereocenters. The number of carbonyl (C=O) groups is 2. The molecule has 1 aliphatic rings. The zero-order valence-electron chi connectivity index (χ0n) is 13.5. The van der Waals surface area contributed by atoms with E-state index in [9.17, 15) is 9.59 Å². The molecule has 1 saturated heterocycles. The minimum absolute atomic E-state index is 0.0343. The van der Waals surface area contributed by atoms with E-state index in [-0.39, 0.29) is 11.8 Å². The Bertz CT molecular complexity index is 580. The molecule has 1 N–H and O–H groups in total. The molecule has 1 aromatic rings. The van der Waals surface area contributed by atoms with Crippen LogP contribution in [-0.4, -0.2) is 27.8 Å². The summed E-state index contributed by atoms with van der Waals surface area (Å²) in [6, 6.07) is 8.06. The number of nitrogens with zero attached hydrogens (tertiary/aromatic N) is 1. The Morgan fingerprint density at radius 2 is 1.86 bits per heavy atom. The van der Waals surface area contributed by atoms with Crippen LogP contribution >= 0.6 is 0 Å². The first kappa shape index (κ1) is 15.5. The first-order valence-electron chi connectivity index (χ1n) is 7.41. The Labute approximate surface area is 126 Å². The zero-order chi connectivity index (χ0) is 15.8.